The van der Waals surface area contributed by atoms with Crippen LogP contribution in [0.5, 0.6) is 0 Å². The SMILES string of the molecule is CC(NC(CCO)C1CC1)c1ccccc1F. The summed E-state index contributed by atoms with van der Waals surface area (Å²) in [6.45, 7) is 2.17. The normalized spacial score (nSPS) is 19.0. The molecule has 0 bridgehead atoms. The van der Waals surface area contributed by atoms with Crippen molar-refractivity contribution in [3.63, 3.8) is 0 Å². The number of aliphatic hydroxyl groups is 1. The van der Waals surface area contributed by atoms with Crippen LogP contribution in [0.4, 0.5) is 4.39 Å². The van der Waals surface area contributed by atoms with Gasteiger partial charge < -0.3 is 10.4 Å². The van der Waals surface area contributed by atoms with Crippen LogP contribution in [0.15, 0.2) is 24.3 Å². The van der Waals surface area contributed by atoms with Crippen molar-refractivity contribution in [1.29, 1.82) is 0 Å². The summed E-state index contributed by atoms with van der Waals surface area (Å²) in [6.07, 6.45) is 3.20. The molecule has 1 aromatic carbocycles. The molecule has 0 aliphatic heterocycles. The summed E-state index contributed by atoms with van der Waals surface area (Å²) < 4.78 is 13.6. The number of nitrogens with one attached hydrogen (secondary N) is 1. The largest absolute Gasteiger partial charge is 0.396 e. The van der Waals surface area contributed by atoms with Gasteiger partial charge in [-0.25, -0.2) is 4.39 Å². The van der Waals surface area contributed by atoms with Crippen molar-refractivity contribution in [2.75, 3.05) is 6.61 Å². The van der Waals surface area contributed by atoms with E-state index in [1.165, 1.54) is 18.9 Å². The Morgan fingerprint density at radius 1 is 1.41 bits per heavy atom. The molecule has 2 N–H and O–H groups in total. The molecule has 0 amide bonds. The zero-order valence-electron chi connectivity index (χ0n) is 10.2. The molecule has 0 heterocycles. The lowest BCUT2D eigenvalue weighted by Crippen LogP contribution is -2.34. The number of benzene rings is 1. The van der Waals surface area contributed by atoms with Crippen molar-refractivity contribution < 1.29 is 9.50 Å². The first kappa shape index (κ1) is 12.5. The number of halogens is 1. The van der Waals surface area contributed by atoms with Gasteiger partial charge >= 0.3 is 0 Å². The molecule has 3 heteroatoms. The molecule has 0 saturated heterocycles. The molecule has 0 radical (unpaired) electrons. The van der Waals surface area contributed by atoms with Crippen molar-refractivity contribution in [3.05, 3.63) is 35.6 Å². The van der Waals surface area contributed by atoms with Gasteiger partial charge in [-0.1, -0.05) is 18.2 Å². The third-order valence-corrected chi connectivity index (χ3v) is 3.47. The van der Waals surface area contributed by atoms with Crippen LogP contribution in [0.1, 0.15) is 37.8 Å². The molecule has 1 fully saturated rings. The summed E-state index contributed by atoms with van der Waals surface area (Å²) in [6, 6.07) is 7.18. The van der Waals surface area contributed by atoms with Crippen LogP contribution >= 0.6 is 0 Å². The van der Waals surface area contributed by atoms with E-state index in [0.29, 0.717) is 17.5 Å². The van der Waals surface area contributed by atoms with Crippen molar-refractivity contribution in [2.24, 2.45) is 5.92 Å². The molecule has 2 nitrogen and oxygen atoms in total. The minimum absolute atomic E-state index is 0.00616. The topological polar surface area (TPSA) is 32.3 Å². The van der Waals surface area contributed by atoms with E-state index < -0.39 is 0 Å². The van der Waals surface area contributed by atoms with Gasteiger partial charge in [0, 0.05) is 24.3 Å². The Kier molecular flexibility index (Phi) is 4.13. The Morgan fingerprint density at radius 2 is 2.12 bits per heavy atom. The van der Waals surface area contributed by atoms with E-state index in [4.69, 9.17) is 5.11 Å². The molecule has 2 atom stereocenters. The molecule has 1 aromatic rings. The monoisotopic (exact) mass is 237 g/mol. The Bertz CT molecular complexity index is 365. The molecule has 0 aromatic heterocycles. The highest BCUT2D eigenvalue weighted by molar-refractivity contribution is 5.20. The van der Waals surface area contributed by atoms with Crippen LogP contribution in [-0.4, -0.2) is 17.8 Å². The van der Waals surface area contributed by atoms with Crippen LogP contribution in [0, 0.1) is 11.7 Å². The Hall–Kier alpha value is -0.930. The first-order valence-electron chi connectivity index (χ1n) is 6.33. The van der Waals surface area contributed by atoms with Crippen LogP contribution in [0.2, 0.25) is 0 Å². The molecule has 2 unspecified atom stereocenters. The summed E-state index contributed by atoms with van der Waals surface area (Å²) in [5, 5.41) is 12.5. The lowest BCUT2D eigenvalue weighted by Gasteiger charge is -2.23. The molecule has 1 aliphatic carbocycles. The van der Waals surface area contributed by atoms with Crippen molar-refractivity contribution in [3.8, 4) is 0 Å². The minimum Gasteiger partial charge on any atom is -0.396 e. The van der Waals surface area contributed by atoms with Crippen LogP contribution in [0.25, 0.3) is 0 Å². The average Bonchev–Trinajstić information content (AvgIpc) is 3.12. The van der Waals surface area contributed by atoms with Crippen LogP contribution in [-0.2, 0) is 0 Å². The number of hydrogen-bond acceptors (Lipinski definition) is 2. The Labute approximate surface area is 102 Å². The number of hydrogen-bond donors (Lipinski definition) is 2. The van der Waals surface area contributed by atoms with Gasteiger partial charge in [0.05, 0.1) is 0 Å². The van der Waals surface area contributed by atoms with Gasteiger partial charge in [-0.05, 0) is 38.2 Å². The van der Waals surface area contributed by atoms with Crippen molar-refractivity contribution in [1.82, 2.24) is 5.32 Å². The highest BCUT2D eigenvalue weighted by atomic mass is 19.1. The summed E-state index contributed by atoms with van der Waals surface area (Å²) in [7, 11) is 0. The Balaban J connectivity index is 1.99. The summed E-state index contributed by atoms with van der Waals surface area (Å²) in [5.41, 5.74) is 0.705. The van der Waals surface area contributed by atoms with Crippen molar-refractivity contribution in [2.45, 2.75) is 38.3 Å². The lowest BCUT2D eigenvalue weighted by molar-refractivity contribution is 0.249. The summed E-state index contributed by atoms with van der Waals surface area (Å²) in [4.78, 5) is 0. The molecule has 1 saturated carbocycles. The molecule has 0 spiro atoms. The van der Waals surface area contributed by atoms with E-state index in [1.54, 1.807) is 6.07 Å². The van der Waals surface area contributed by atoms with E-state index in [2.05, 4.69) is 5.32 Å². The summed E-state index contributed by atoms with van der Waals surface area (Å²) >= 11 is 0. The van der Waals surface area contributed by atoms with E-state index in [0.717, 1.165) is 6.42 Å². The molecular weight excluding hydrogens is 217 g/mol. The van der Waals surface area contributed by atoms with Crippen molar-refractivity contribution >= 4 is 0 Å². The molecule has 17 heavy (non-hydrogen) atoms. The maximum absolute atomic E-state index is 13.6. The number of rotatable bonds is 6. The maximum Gasteiger partial charge on any atom is 0.127 e. The molecule has 94 valence electrons. The molecular formula is C14H20FNO. The van der Waals surface area contributed by atoms with Gasteiger partial charge in [0.2, 0.25) is 0 Å². The van der Waals surface area contributed by atoms with E-state index in [9.17, 15) is 4.39 Å². The van der Waals surface area contributed by atoms with Gasteiger partial charge in [0.15, 0.2) is 0 Å². The zero-order chi connectivity index (χ0) is 12.3. The minimum atomic E-state index is -0.161. The van der Waals surface area contributed by atoms with Gasteiger partial charge in [-0.2, -0.15) is 0 Å². The second-order valence-electron chi connectivity index (χ2n) is 4.87. The second-order valence-corrected chi connectivity index (χ2v) is 4.87. The predicted molar refractivity (Wildman–Crippen MR) is 66.2 cm³/mol. The van der Waals surface area contributed by atoms with Crippen LogP contribution in [0.3, 0.4) is 0 Å². The Morgan fingerprint density at radius 3 is 2.71 bits per heavy atom. The maximum atomic E-state index is 13.6. The number of aliphatic hydroxyl groups excluding tert-OH is 1. The van der Waals surface area contributed by atoms with Gasteiger partial charge in [0.1, 0.15) is 5.82 Å². The fraction of sp³-hybridized carbons (Fsp3) is 0.571. The quantitative estimate of drug-likeness (QED) is 0.797. The van der Waals surface area contributed by atoms with E-state index in [-0.39, 0.29) is 18.5 Å². The third-order valence-electron chi connectivity index (χ3n) is 3.47. The molecule has 2 rings (SSSR count). The molecule has 1 aliphatic rings. The van der Waals surface area contributed by atoms with Crippen LogP contribution < -0.4 is 5.32 Å². The predicted octanol–water partition coefficient (Wildman–Crippen LogP) is 2.64. The standard InChI is InChI=1S/C14H20FNO/c1-10(12-4-2-3-5-13(12)15)16-14(8-9-17)11-6-7-11/h2-5,10-11,14,16-17H,6-9H2,1H3. The second kappa shape index (κ2) is 5.61. The van der Waals surface area contributed by atoms with Gasteiger partial charge in [0.25, 0.3) is 0 Å². The average molecular weight is 237 g/mol. The smallest absolute Gasteiger partial charge is 0.127 e. The first-order valence-corrected chi connectivity index (χ1v) is 6.33. The first-order chi connectivity index (χ1) is 8.22. The fourth-order valence-electron chi connectivity index (χ4n) is 2.33. The lowest BCUT2D eigenvalue weighted by atomic mass is 10.0. The zero-order valence-corrected chi connectivity index (χ0v) is 10.2. The van der Waals surface area contributed by atoms with Gasteiger partial charge in [-0.15, -0.1) is 0 Å². The highest BCUT2D eigenvalue weighted by Crippen LogP contribution is 2.35. The fourth-order valence-corrected chi connectivity index (χ4v) is 2.33. The highest BCUT2D eigenvalue weighted by Gasteiger charge is 2.31. The van der Waals surface area contributed by atoms with E-state index in [1.807, 2.05) is 19.1 Å². The third kappa shape index (κ3) is 3.27. The van der Waals surface area contributed by atoms with E-state index >= 15 is 0 Å². The van der Waals surface area contributed by atoms with Gasteiger partial charge in [-0.3, -0.25) is 0 Å². The summed E-state index contributed by atoms with van der Waals surface area (Å²) in [5.74, 6) is 0.502.